The molecule has 0 aromatic heterocycles. The van der Waals surface area contributed by atoms with Crippen molar-refractivity contribution in [1.82, 2.24) is 4.31 Å². The van der Waals surface area contributed by atoms with Gasteiger partial charge in [-0.1, -0.05) is 23.7 Å². The van der Waals surface area contributed by atoms with Crippen molar-refractivity contribution in [3.8, 4) is 5.75 Å². The van der Waals surface area contributed by atoms with E-state index in [2.05, 4.69) is 0 Å². The van der Waals surface area contributed by atoms with Crippen molar-refractivity contribution >= 4 is 33.2 Å². The van der Waals surface area contributed by atoms with Crippen LogP contribution in [0.25, 0.3) is 0 Å². The van der Waals surface area contributed by atoms with Crippen molar-refractivity contribution in [2.45, 2.75) is 17.7 Å². The van der Waals surface area contributed by atoms with Crippen LogP contribution in [-0.2, 0) is 14.8 Å². The Kier molecular flexibility index (Phi) is 5.31. The third kappa shape index (κ3) is 3.62. The predicted octanol–water partition coefficient (Wildman–Crippen LogP) is 3.17. The number of fused-ring (bicyclic) bond motifs is 1. The van der Waals surface area contributed by atoms with Gasteiger partial charge in [-0.2, -0.15) is 4.31 Å². The molecule has 1 saturated heterocycles. The van der Waals surface area contributed by atoms with Gasteiger partial charge in [0.1, 0.15) is 12.4 Å². The largest absolute Gasteiger partial charge is 0.490 e. The highest BCUT2D eigenvalue weighted by molar-refractivity contribution is 7.89. The topological polar surface area (TPSA) is 66.9 Å². The summed E-state index contributed by atoms with van der Waals surface area (Å²) in [6.07, 6.45) is 1.32. The second-order valence-electron chi connectivity index (χ2n) is 6.96. The van der Waals surface area contributed by atoms with Gasteiger partial charge in [-0.25, -0.2) is 8.42 Å². The molecule has 28 heavy (non-hydrogen) atoms. The number of ether oxygens (including phenoxy) is 1. The molecule has 6 nitrogen and oxygen atoms in total. The smallest absolute Gasteiger partial charge is 0.243 e. The van der Waals surface area contributed by atoms with Crippen molar-refractivity contribution in [3.05, 3.63) is 53.6 Å². The fourth-order valence-electron chi connectivity index (χ4n) is 3.74. The Morgan fingerprint density at radius 2 is 1.82 bits per heavy atom. The molecule has 0 N–H and O–H groups in total. The number of amides is 1. The van der Waals surface area contributed by atoms with E-state index >= 15 is 0 Å². The quantitative estimate of drug-likeness (QED) is 0.764. The van der Waals surface area contributed by atoms with E-state index in [-0.39, 0.29) is 23.3 Å². The minimum absolute atomic E-state index is 0.0493. The maximum atomic E-state index is 13.2. The molecule has 8 heteroatoms. The summed E-state index contributed by atoms with van der Waals surface area (Å²) in [6.45, 7) is 1.50. The number of rotatable bonds is 3. The normalized spacial score (nSPS) is 20.3. The van der Waals surface area contributed by atoms with Crippen LogP contribution < -0.4 is 9.64 Å². The van der Waals surface area contributed by atoms with Crippen LogP contribution in [0.3, 0.4) is 0 Å². The van der Waals surface area contributed by atoms with Crippen molar-refractivity contribution in [2.24, 2.45) is 5.92 Å². The van der Waals surface area contributed by atoms with Gasteiger partial charge in [0.15, 0.2) is 0 Å². The first kappa shape index (κ1) is 19.2. The van der Waals surface area contributed by atoms with Crippen LogP contribution in [-0.4, -0.2) is 44.9 Å². The molecule has 148 valence electrons. The molecule has 2 aliphatic heterocycles. The van der Waals surface area contributed by atoms with Crippen molar-refractivity contribution in [2.75, 3.05) is 31.1 Å². The van der Waals surface area contributed by atoms with Crippen molar-refractivity contribution in [1.29, 1.82) is 0 Å². The average molecular weight is 421 g/mol. The molecule has 1 amide bonds. The minimum atomic E-state index is -3.66. The summed E-state index contributed by atoms with van der Waals surface area (Å²) >= 11 is 5.87. The van der Waals surface area contributed by atoms with Gasteiger partial charge in [-0.3, -0.25) is 4.79 Å². The molecule has 2 aromatic carbocycles. The van der Waals surface area contributed by atoms with E-state index in [1.54, 1.807) is 17.0 Å². The lowest BCUT2D eigenvalue weighted by molar-refractivity contribution is -0.123. The van der Waals surface area contributed by atoms with Gasteiger partial charge in [0.25, 0.3) is 0 Å². The fraction of sp³-hybridized carbons (Fsp3) is 0.350. The summed E-state index contributed by atoms with van der Waals surface area (Å²) < 4.78 is 33.0. The molecule has 0 radical (unpaired) electrons. The molecular formula is C20H21ClN2O4S. The van der Waals surface area contributed by atoms with Gasteiger partial charge in [-0.15, -0.1) is 0 Å². The summed E-state index contributed by atoms with van der Waals surface area (Å²) in [6, 6.07) is 13.6. The molecule has 1 atom stereocenters. The van der Waals surface area contributed by atoms with Crippen LogP contribution in [0.2, 0.25) is 5.02 Å². The van der Waals surface area contributed by atoms with Crippen LogP contribution >= 0.6 is 11.6 Å². The van der Waals surface area contributed by atoms with Gasteiger partial charge < -0.3 is 9.64 Å². The lowest BCUT2D eigenvalue weighted by Crippen LogP contribution is -2.48. The number of piperidine rings is 1. The highest BCUT2D eigenvalue weighted by atomic mass is 35.5. The third-order valence-corrected chi connectivity index (χ3v) is 7.31. The standard InChI is InChI=1S/C20H21ClN2O4S/c21-16-7-9-17(10-8-16)28(25,26)22-11-3-4-15(14-22)20(24)23-12-13-27-19-6-2-1-5-18(19)23/h1-2,5-10,15H,3-4,11-14H2. The maximum Gasteiger partial charge on any atom is 0.243 e. The van der Waals surface area contributed by atoms with Crippen LogP contribution in [0.5, 0.6) is 5.75 Å². The first-order valence-corrected chi connectivity index (χ1v) is 11.1. The van der Waals surface area contributed by atoms with Crippen LogP contribution in [0.1, 0.15) is 12.8 Å². The van der Waals surface area contributed by atoms with E-state index in [9.17, 15) is 13.2 Å². The Morgan fingerprint density at radius 3 is 2.61 bits per heavy atom. The molecule has 0 saturated carbocycles. The van der Waals surface area contributed by atoms with Gasteiger partial charge >= 0.3 is 0 Å². The molecule has 2 aromatic rings. The molecular weight excluding hydrogens is 400 g/mol. The van der Waals surface area contributed by atoms with E-state index in [0.29, 0.717) is 43.3 Å². The third-order valence-electron chi connectivity index (χ3n) is 5.18. The van der Waals surface area contributed by atoms with Gasteiger partial charge in [0, 0.05) is 18.1 Å². The second-order valence-corrected chi connectivity index (χ2v) is 9.34. The molecule has 0 spiro atoms. The van der Waals surface area contributed by atoms with E-state index in [4.69, 9.17) is 16.3 Å². The van der Waals surface area contributed by atoms with Crippen molar-refractivity contribution in [3.63, 3.8) is 0 Å². The van der Waals surface area contributed by atoms with Gasteiger partial charge in [0.2, 0.25) is 15.9 Å². The summed E-state index contributed by atoms with van der Waals surface area (Å²) in [7, 11) is -3.66. The predicted molar refractivity (Wildman–Crippen MR) is 107 cm³/mol. The number of nitrogens with zero attached hydrogens (tertiary/aromatic N) is 2. The van der Waals surface area contributed by atoms with E-state index in [1.165, 1.54) is 16.4 Å². The summed E-state index contributed by atoms with van der Waals surface area (Å²) in [4.78, 5) is 15.1. The van der Waals surface area contributed by atoms with Crippen LogP contribution in [0.15, 0.2) is 53.4 Å². The van der Waals surface area contributed by atoms with Crippen molar-refractivity contribution < 1.29 is 17.9 Å². The molecule has 0 aliphatic carbocycles. The first-order chi connectivity index (χ1) is 13.5. The second kappa shape index (κ2) is 7.73. The molecule has 1 unspecified atom stereocenters. The molecule has 1 fully saturated rings. The van der Waals surface area contributed by atoms with Gasteiger partial charge in [-0.05, 0) is 49.2 Å². The Balaban J connectivity index is 1.54. The molecule has 0 bridgehead atoms. The number of anilines is 1. The summed E-state index contributed by atoms with van der Waals surface area (Å²) in [5.74, 6) is 0.261. The number of carbonyl (C=O) groups is 1. The van der Waals surface area contributed by atoms with E-state index < -0.39 is 10.0 Å². The number of halogens is 1. The molecule has 2 heterocycles. The average Bonchev–Trinajstić information content (AvgIpc) is 2.73. The van der Waals surface area contributed by atoms with E-state index in [0.717, 1.165) is 5.69 Å². The fourth-order valence-corrected chi connectivity index (χ4v) is 5.39. The zero-order chi connectivity index (χ0) is 19.7. The number of benzene rings is 2. The Bertz CT molecular complexity index is 978. The SMILES string of the molecule is O=C(C1CCCN(S(=O)(=O)c2ccc(Cl)cc2)C1)N1CCOc2ccccc21. The molecule has 4 rings (SSSR count). The zero-order valence-corrected chi connectivity index (χ0v) is 16.8. The first-order valence-electron chi connectivity index (χ1n) is 9.26. The minimum Gasteiger partial charge on any atom is -0.490 e. The lowest BCUT2D eigenvalue weighted by Gasteiger charge is -2.36. The number of carbonyl (C=O) groups excluding carboxylic acids is 1. The number of para-hydroxylation sites is 2. The highest BCUT2D eigenvalue weighted by Crippen LogP contribution is 2.33. The Hall–Kier alpha value is -2.09. The highest BCUT2D eigenvalue weighted by Gasteiger charge is 2.36. The molecule has 2 aliphatic rings. The zero-order valence-electron chi connectivity index (χ0n) is 15.3. The number of hydrogen-bond acceptors (Lipinski definition) is 4. The van der Waals surface area contributed by atoms with Crippen LogP contribution in [0, 0.1) is 5.92 Å². The van der Waals surface area contributed by atoms with Crippen LogP contribution in [0.4, 0.5) is 5.69 Å². The van der Waals surface area contributed by atoms with Gasteiger partial charge in [0.05, 0.1) is 23.0 Å². The summed E-state index contributed by atoms with van der Waals surface area (Å²) in [5, 5.41) is 0.483. The summed E-state index contributed by atoms with van der Waals surface area (Å²) in [5.41, 5.74) is 0.747. The lowest BCUT2D eigenvalue weighted by atomic mass is 9.97. The monoisotopic (exact) mass is 420 g/mol. The number of sulfonamides is 1. The van der Waals surface area contributed by atoms with E-state index in [1.807, 2.05) is 24.3 Å². The number of hydrogen-bond donors (Lipinski definition) is 0. The Labute approximate surface area is 169 Å². The Morgan fingerprint density at radius 1 is 1.07 bits per heavy atom. The maximum absolute atomic E-state index is 13.2.